The van der Waals surface area contributed by atoms with Crippen LogP contribution in [0.5, 0.6) is 11.5 Å². The number of rotatable bonds is 4. The fourth-order valence-corrected chi connectivity index (χ4v) is 2.08. The number of para-hydroxylation sites is 1. The Labute approximate surface area is 119 Å². The Morgan fingerprint density at radius 2 is 1.95 bits per heavy atom. The normalized spacial score (nSPS) is 10.3. The van der Waals surface area contributed by atoms with Gasteiger partial charge in [-0.1, -0.05) is 19.1 Å². The highest BCUT2D eigenvalue weighted by Gasteiger charge is 2.12. The van der Waals surface area contributed by atoms with Crippen molar-refractivity contribution in [2.75, 3.05) is 0 Å². The maximum Gasteiger partial charge on any atom is 0.166 e. The Bertz CT molecular complexity index is 611. The molecule has 2 rings (SSSR count). The summed E-state index contributed by atoms with van der Waals surface area (Å²) in [5.74, 6) is 0.602. The van der Waals surface area contributed by atoms with Crippen LogP contribution < -0.4 is 4.74 Å². The maximum atomic E-state index is 13.0. The van der Waals surface area contributed by atoms with Crippen LogP contribution in [0.25, 0.3) is 0 Å². The number of hydrogen-bond donors (Lipinski definition) is 0. The molecular formula is C15H12BrFO2. The molecule has 0 saturated carbocycles. The van der Waals surface area contributed by atoms with E-state index in [2.05, 4.69) is 15.9 Å². The van der Waals surface area contributed by atoms with Crippen LogP contribution in [-0.4, -0.2) is 5.78 Å². The van der Waals surface area contributed by atoms with Crippen molar-refractivity contribution in [3.05, 3.63) is 58.3 Å². The fourth-order valence-electron chi connectivity index (χ4n) is 1.65. The van der Waals surface area contributed by atoms with Gasteiger partial charge in [0, 0.05) is 6.42 Å². The van der Waals surface area contributed by atoms with Crippen LogP contribution in [0, 0.1) is 5.82 Å². The van der Waals surface area contributed by atoms with E-state index >= 15 is 0 Å². The van der Waals surface area contributed by atoms with Crippen LogP contribution >= 0.6 is 15.9 Å². The summed E-state index contributed by atoms with van der Waals surface area (Å²) in [4.78, 5) is 11.8. The molecule has 0 fully saturated rings. The van der Waals surface area contributed by atoms with E-state index in [1.165, 1.54) is 18.2 Å². The Hall–Kier alpha value is -1.68. The fraction of sp³-hybridized carbons (Fsp3) is 0.133. The first kappa shape index (κ1) is 13.7. The van der Waals surface area contributed by atoms with Gasteiger partial charge in [0.15, 0.2) is 5.78 Å². The summed E-state index contributed by atoms with van der Waals surface area (Å²) < 4.78 is 19.2. The van der Waals surface area contributed by atoms with Crippen molar-refractivity contribution in [2.45, 2.75) is 13.3 Å². The molecule has 0 radical (unpaired) electrons. The van der Waals surface area contributed by atoms with Gasteiger partial charge in [0.05, 0.1) is 10.0 Å². The molecule has 0 saturated heterocycles. The molecule has 98 valence electrons. The second-order valence-electron chi connectivity index (χ2n) is 3.95. The molecule has 2 nitrogen and oxygen atoms in total. The van der Waals surface area contributed by atoms with Gasteiger partial charge in [-0.15, -0.1) is 0 Å². The number of Topliss-reactive ketones (excluding diaryl/α,β-unsaturated/α-hetero) is 1. The lowest BCUT2D eigenvalue weighted by Gasteiger charge is -2.11. The van der Waals surface area contributed by atoms with Gasteiger partial charge in [-0.05, 0) is 46.3 Å². The summed E-state index contributed by atoms with van der Waals surface area (Å²) in [5, 5.41) is 0. The molecular weight excluding hydrogens is 311 g/mol. The molecule has 2 aromatic carbocycles. The molecule has 19 heavy (non-hydrogen) atoms. The first-order valence-electron chi connectivity index (χ1n) is 5.87. The molecule has 0 bridgehead atoms. The summed E-state index contributed by atoms with van der Waals surface area (Å²) in [6.07, 6.45) is 0.408. The molecule has 0 amide bonds. The van der Waals surface area contributed by atoms with Crippen molar-refractivity contribution in [1.82, 2.24) is 0 Å². The maximum absolute atomic E-state index is 13.0. The van der Waals surface area contributed by atoms with E-state index in [0.29, 0.717) is 28.0 Å². The lowest BCUT2D eigenvalue weighted by Crippen LogP contribution is -2.00. The molecule has 0 aromatic heterocycles. The molecule has 0 atom stereocenters. The summed E-state index contributed by atoms with van der Waals surface area (Å²) in [6.45, 7) is 1.80. The van der Waals surface area contributed by atoms with Gasteiger partial charge in [-0.2, -0.15) is 0 Å². The van der Waals surface area contributed by atoms with Gasteiger partial charge in [0.2, 0.25) is 0 Å². The minimum atomic E-state index is -0.350. The monoisotopic (exact) mass is 322 g/mol. The largest absolute Gasteiger partial charge is 0.455 e. The summed E-state index contributed by atoms with van der Waals surface area (Å²) in [6, 6.07) is 11.2. The van der Waals surface area contributed by atoms with Crippen LogP contribution in [0.3, 0.4) is 0 Å². The van der Waals surface area contributed by atoms with Crippen LogP contribution in [0.2, 0.25) is 0 Å². The Kier molecular flexibility index (Phi) is 4.32. The van der Waals surface area contributed by atoms with Gasteiger partial charge in [0.1, 0.15) is 17.3 Å². The molecule has 0 aliphatic heterocycles. The van der Waals surface area contributed by atoms with E-state index in [-0.39, 0.29) is 11.6 Å². The van der Waals surface area contributed by atoms with Crippen molar-refractivity contribution in [3.63, 3.8) is 0 Å². The number of hydrogen-bond acceptors (Lipinski definition) is 2. The molecule has 4 heteroatoms. The van der Waals surface area contributed by atoms with Crippen LogP contribution in [0.1, 0.15) is 23.7 Å². The minimum absolute atomic E-state index is 0.00818. The Balaban J connectivity index is 2.35. The van der Waals surface area contributed by atoms with Crippen LogP contribution in [-0.2, 0) is 0 Å². The van der Waals surface area contributed by atoms with Crippen molar-refractivity contribution in [1.29, 1.82) is 0 Å². The van der Waals surface area contributed by atoms with Gasteiger partial charge in [-0.25, -0.2) is 4.39 Å². The summed E-state index contributed by atoms with van der Waals surface area (Å²) in [5.41, 5.74) is 0.529. The predicted molar refractivity (Wildman–Crippen MR) is 75.2 cm³/mol. The van der Waals surface area contributed by atoms with Gasteiger partial charge < -0.3 is 4.74 Å². The highest BCUT2D eigenvalue weighted by Crippen LogP contribution is 2.32. The zero-order chi connectivity index (χ0) is 13.8. The highest BCUT2D eigenvalue weighted by atomic mass is 79.9. The average molecular weight is 323 g/mol. The highest BCUT2D eigenvalue weighted by molar-refractivity contribution is 9.10. The SMILES string of the molecule is CCC(=O)c1ccccc1Oc1ccc(F)cc1Br. The van der Waals surface area contributed by atoms with E-state index in [1.54, 1.807) is 31.2 Å². The first-order valence-corrected chi connectivity index (χ1v) is 6.66. The van der Waals surface area contributed by atoms with Gasteiger partial charge >= 0.3 is 0 Å². The third kappa shape index (κ3) is 3.20. The average Bonchev–Trinajstić information content (AvgIpc) is 2.41. The predicted octanol–water partition coefficient (Wildman–Crippen LogP) is 4.97. The first-order chi connectivity index (χ1) is 9.11. The third-order valence-corrected chi connectivity index (χ3v) is 3.24. The molecule has 0 unspecified atom stereocenters. The molecule has 0 aliphatic carbocycles. The van der Waals surface area contributed by atoms with Crippen molar-refractivity contribution < 1.29 is 13.9 Å². The summed E-state index contributed by atoms with van der Waals surface area (Å²) >= 11 is 3.23. The molecule has 2 aromatic rings. The van der Waals surface area contributed by atoms with E-state index in [0.717, 1.165) is 0 Å². The van der Waals surface area contributed by atoms with E-state index in [1.807, 2.05) is 0 Å². The summed E-state index contributed by atoms with van der Waals surface area (Å²) in [7, 11) is 0. The number of carbonyl (C=O) groups is 1. The second kappa shape index (κ2) is 5.97. The van der Waals surface area contributed by atoms with Gasteiger partial charge in [-0.3, -0.25) is 4.79 Å². The van der Waals surface area contributed by atoms with E-state index in [9.17, 15) is 9.18 Å². The zero-order valence-corrected chi connectivity index (χ0v) is 11.9. The molecule has 0 N–H and O–H groups in total. The third-order valence-electron chi connectivity index (χ3n) is 2.62. The number of benzene rings is 2. The molecule has 0 heterocycles. The van der Waals surface area contributed by atoms with Crippen molar-refractivity contribution in [3.8, 4) is 11.5 Å². The van der Waals surface area contributed by atoms with E-state index < -0.39 is 0 Å². The standard InChI is InChI=1S/C15H12BrFO2/c1-2-13(18)11-5-3-4-6-14(11)19-15-8-7-10(17)9-12(15)16/h3-9H,2H2,1H3. The van der Waals surface area contributed by atoms with E-state index in [4.69, 9.17) is 4.74 Å². The number of ether oxygens (including phenoxy) is 1. The lowest BCUT2D eigenvalue weighted by molar-refractivity contribution is 0.0986. The van der Waals surface area contributed by atoms with Crippen molar-refractivity contribution >= 4 is 21.7 Å². The topological polar surface area (TPSA) is 26.3 Å². The van der Waals surface area contributed by atoms with Crippen molar-refractivity contribution in [2.24, 2.45) is 0 Å². The number of ketones is 1. The molecule has 0 aliphatic rings. The Morgan fingerprint density at radius 1 is 1.21 bits per heavy atom. The smallest absolute Gasteiger partial charge is 0.166 e. The Morgan fingerprint density at radius 3 is 2.63 bits per heavy atom. The molecule has 0 spiro atoms. The quantitative estimate of drug-likeness (QED) is 0.742. The zero-order valence-electron chi connectivity index (χ0n) is 10.3. The number of carbonyl (C=O) groups excluding carboxylic acids is 1. The van der Waals surface area contributed by atoms with Crippen LogP contribution in [0.15, 0.2) is 46.9 Å². The van der Waals surface area contributed by atoms with Gasteiger partial charge in [0.25, 0.3) is 0 Å². The number of halogens is 2. The van der Waals surface area contributed by atoms with Crippen LogP contribution in [0.4, 0.5) is 4.39 Å². The lowest BCUT2D eigenvalue weighted by atomic mass is 10.1. The minimum Gasteiger partial charge on any atom is -0.455 e. The second-order valence-corrected chi connectivity index (χ2v) is 4.80.